The van der Waals surface area contributed by atoms with Gasteiger partial charge in [0.15, 0.2) is 11.5 Å². The molecule has 2 rings (SSSR count). The van der Waals surface area contributed by atoms with Crippen molar-refractivity contribution in [2.75, 3.05) is 7.11 Å². The maximum Gasteiger partial charge on any atom is 0.166 e. The lowest BCUT2D eigenvalue weighted by Gasteiger charge is -2.22. The van der Waals surface area contributed by atoms with Gasteiger partial charge in [0.05, 0.1) is 7.11 Å². The molecule has 0 saturated heterocycles. The summed E-state index contributed by atoms with van der Waals surface area (Å²) in [4.78, 5) is 0. The molecule has 0 amide bonds. The Kier molecular flexibility index (Phi) is 8.36. The first-order chi connectivity index (χ1) is 11.3. The number of hydrogen-bond donors (Lipinski definition) is 1. The zero-order valence-corrected chi connectivity index (χ0v) is 17.2. The molecule has 0 atom stereocenters. The van der Waals surface area contributed by atoms with Crippen LogP contribution in [0.3, 0.4) is 0 Å². The minimum absolute atomic E-state index is 0. The van der Waals surface area contributed by atoms with Crippen molar-refractivity contribution in [1.82, 2.24) is 5.32 Å². The molecule has 6 heteroatoms. The van der Waals surface area contributed by atoms with E-state index >= 15 is 0 Å². The molecule has 0 fully saturated rings. The van der Waals surface area contributed by atoms with Crippen LogP contribution in [0.4, 0.5) is 0 Å². The van der Waals surface area contributed by atoms with Crippen molar-refractivity contribution in [3.8, 4) is 11.5 Å². The second-order valence-electron chi connectivity index (χ2n) is 6.58. The maximum atomic E-state index is 6.22. The van der Waals surface area contributed by atoms with E-state index in [-0.39, 0.29) is 17.9 Å². The smallest absolute Gasteiger partial charge is 0.166 e. The molecule has 0 heterocycles. The van der Waals surface area contributed by atoms with Crippen LogP contribution in [0, 0.1) is 0 Å². The molecule has 0 aromatic heterocycles. The first-order valence-corrected chi connectivity index (χ1v) is 8.53. The molecule has 0 bridgehead atoms. The number of ether oxygens (including phenoxy) is 2. The van der Waals surface area contributed by atoms with Crippen molar-refractivity contribution in [2.24, 2.45) is 0 Å². The van der Waals surface area contributed by atoms with Crippen LogP contribution in [0.25, 0.3) is 0 Å². The Morgan fingerprint density at radius 1 is 1.04 bits per heavy atom. The van der Waals surface area contributed by atoms with Gasteiger partial charge in [0.25, 0.3) is 0 Å². The van der Waals surface area contributed by atoms with E-state index in [2.05, 4.69) is 26.1 Å². The van der Waals surface area contributed by atoms with Gasteiger partial charge in [-0.15, -0.1) is 12.4 Å². The minimum Gasteiger partial charge on any atom is -0.493 e. The standard InChI is InChI=1S/C19H23Cl2NO2.ClH/c1-19(2,3)22-11-13-6-5-7-17(23-4)18(13)24-12-14-8-9-15(20)10-16(14)21;/h5-10,22H,11-12H2,1-4H3;1H. The highest BCUT2D eigenvalue weighted by Crippen LogP contribution is 2.33. The Bertz CT molecular complexity index is 700. The molecule has 0 radical (unpaired) electrons. The fraction of sp³-hybridized carbons (Fsp3) is 0.368. The number of halogens is 3. The predicted molar refractivity (Wildman–Crippen MR) is 108 cm³/mol. The first kappa shape index (κ1) is 21.9. The number of methoxy groups -OCH3 is 1. The molecule has 0 unspecified atom stereocenters. The third-order valence-corrected chi connectivity index (χ3v) is 4.06. The topological polar surface area (TPSA) is 30.5 Å². The molecule has 0 spiro atoms. The highest BCUT2D eigenvalue weighted by molar-refractivity contribution is 6.35. The van der Waals surface area contributed by atoms with Crippen LogP contribution in [0.5, 0.6) is 11.5 Å². The highest BCUT2D eigenvalue weighted by Gasteiger charge is 2.15. The van der Waals surface area contributed by atoms with Gasteiger partial charge in [-0.2, -0.15) is 0 Å². The van der Waals surface area contributed by atoms with Gasteiger partial charge in [-0.3, -0.25) is 0 Å². The van der Waals surface area contributed by atoms with Crippen LogP contribution in [0.2, 0.25) is 10.0 Å². The summed E-state index contributed by atoms with van der Waals surface area (Å²) in [5, 5.41) is 4.66. The summed E-state index contributed by atoms with van der Waals surface area (Å²) in [5.41, 5.74) is 1.93. The van der Waals surface area contributed by atoms with E-state index in [1.165, 1.54) is 0 Å². The average Bonchev–Trinajstić information content (AvgIpc) is 2.51. The van der Waals surface area contributed by atoms with Gasteiger partial charge < -0.3 is 14.8 Å². The largest absolute Gasteiger partial charge is 0.493 e. The summed E-state index contributed by atoms with van der Waals surface area (Å²) in [5.74, 6) is 1.43. The van der Waals surface area contributed by atoms with Gasteiger partial charge in [0.1, 0.15) is 6.61 Å². The predicted octanol–water partition coefficient (Wildman–Crippen LogP) is 5.89. The van der Waals surface area contributed by atoms with Crippen LogP contribution in [0.1, 0.15) is 31.9 Å². The molecule has 0 aliphatic carbocycles. The molecule has 3 nitrogen and oxygen atoms in total. The second-order valence-corrected chi connectivity index (χ2v) is 7.42. The zero-order valence-electron chi connectivity index (χ0n) is 14.9. The molecule has 1 N–H and O–H groups in total. The molecule has 2 aromatic rings. The van der Waals surface area contributed by atoms with Gasteiger partial charge >= 0.3 is 0 Å². The van der Waals surface area contributed by atoms with Crippen molar-refractivity contribution >= 4 is 35.6 Å². The molecule has 2 aromatic carbocycles. The fourth-order valence-corrected chi connectivity index (χ4v) is 2.64. The van der Waals surface area contributed by atoms with E-state index in [0.29, 0.717) is 28.9 Å². The number of para-hydroxylation sites is 1. The highest BCUT2D eigenvalue weighted by atomic mass is 35.5. The SMILES string of the molecule is COc1cccc(CNC(C)(C)C)c1OCc1ccc(Cl)cc1Cl.Cl. The van der Waals surface area contributed by atoms with E-state index in [9.17, 15) is 0 Å². The van der Waals surface area contributed by atoms with Crippen molar-refractivity contribution < 1.29 is 9.47 Å². The summed E-state index contributed by atoms with van der Waals surface area (Å²) in [7, 11) is 1.64. The molecule has 25 heavy (non-hydrogen) atoms. The Morgan fingerprint density at radius 2 is 1.76 bits per heavy atom. The third-order valence-electron chi connectivity index (χ3n) is 3.48. The van der Waals surface area contributed by atoms with E-state index in [1.54, 1.807) is 19.2 Å². The third kappa shape index (κ3) is 6.59. The monoisotopic (exact) mass is 403 g/mol. The lowest BCUT2D eigenvalue weighted by molar-refractivity contribution is 0.279. The van der Waals surface area contributed by atoms with Gasteiger partial charge in [-0.1, -0.05) is 41.4 Å². The summed E-state index contributed by atoms with van der Waals surface area (Å²) in [6.45, 7) is 7.41. The number of nitrogens with one attached hydrogen (secondary N) is 1. The Morgan fingerprint density at radius 3 is 2.36 bits per heavy atom. The van der Waals surface area contributed by atoms with Crippen LogP contribution in [0.15, 0.2) is 36.4 Å². The molecule has 138 valence electrons. The molecule has 0 aliphatic heterocycles. The Balaban J connectivity index is 0.00000312. The number of rotatable bonds is 6. The first-order valence-electron chi connectivity index (χ1n) is 7.78. The van der Waals surface area contributed by atoms with Crippen LogP contribution >= 0.6 is 35.6 Å². The van der Waals surface area contributed by atoms with Crippen molar-refractivity contribution in [2.45, 2.75) is 39.5 Å². The Labute approximate surface area is 166 Å². The normalized spacial score (nSPS) is 11.0. The maximum absolute atomic E-state index is 6.22. The second kappa shape index (κ2) is 9.54. The van der Waals surface area contributed by atoms with Crippen molar-refractivity contribution in [3.05, 3.63) is 57.6 Å². The molecule has 0 aliphatic rings. The molecular weight excluding hydrogens is 381 g/mol. The summed E-state index contributed by atoms with van der Waals surface area (Å²) in [6.07, 6.45) is 0. The fourth-order valence-electron chi connectivity index (χ4n) is 2.17. The van der Waals surface area contributed by atoms with Crippen LogP contribution < -0.4 is 14.8 Å². The lowest BCUT2D eigenvalue weighted by Crippen LogP contribution is -2.35. The number of benzene rings is 2. The molecule has 0 saturated carbocycles. The minimum atomic E-state index is 0. The summed E-state index contributed by atoms with van der Waals surface area (Å²) in [6, 6.07) is 11.3. The average molecular weight is 405 g/mol. The van der Waals surface area contributed by atoms with E-state index < -0.39 is 0 Å². The Hall–Kier alpha value is -1.13. The quantitative estimate of drug-likeness (QED) is 0.651. The van der Waals surface area contributed by atoms with Crippen molar-refractivity contribution in [1.29, 1.82) is 0 Å². The summed E-state index contributed by atoms with van der Waals surface area (Å²) >= 11 is 12.2. The molecular formula is C19H24Cl3NO2. The number of hydrogen-bond acceptors (Lipinski definition) is 3. The van der Waals surface area contributed by atoms with Gasteiger partial charge in [0, 0.05) is 33.3 Å². The van der Waals surface area contributed by atoms with E-state index in [1.807, 2.05) is 24.3 Å². The van der Waals surface area contributed by atoms with Crippen LogP contribution in [-0.2, 0) is 13.2 Å². The zero-order chi connectivity index (χ0) is 17.7. The summed E-state index contributed by atoms with van der Waals surface area (Å²) < 4.78 is 11.5. The van der Waals surface area contributed by atoms with Gasteiger partial charge in [-0.05, 0) is 39.0 Å². The van der Waals surface area contributed by atoms with E-state index in [0.717, 1.165) is 16.9 Å². The van der Waals surface area contributed by atoms with Crippen LogP contribution in [-0.4, -0.2) is 12.6 Å². The lowest BCUT2D eigenvalue weighted by atomic mass is 10.1. The van der Waals surface area contributed by atoms with Gasteiger partial charge in [0.2, 0.25) is 0 Å². The van der Waals surface area contributed by atoms with Gasteiger partial charge in [-0.25, -0.2) is 0 Å². The van der Waals surface area contributed by atoms with E-state index in [4.69, 9.17) is 32.7 Å². The van der Waals surface area contributed by atoms with Crippen molar-refractivity contribution in [3.63, 3.8) is 0 Å².